The number of aromatic nitrogens is 1. The van der Waals surface area contributed by atoms with Crippen molar-refractivity contribution in [2.24, 2.45) is 11.3 Å². The Kier molecular flexibility index (Phi) is 6.43. The van der Waals surface area contributed by atoms with Crippen LogP contribution in [-0.2, 0) is 27.2 Å². The number of hydrogen-bond acceptors (Lipinski definition) is 4. The monoisotopic (exact) mass is 407 g/mol. The SMILES string of the molecule is O=C(NCCc1ccncc1)C1CN(C(=O)Cc2ccccc2)CC12CCOCC2. The maximum Gasteiger partial charge on any atom is 0.227 e. The minimum atomic E-state index is -0.182. The number of carbonyl (C=O) groups excluding carboxylic acids is 2. The molecule has 2 saturated heterocycles. The summed E-state index contributed by atoms with van der Waals surface area (Å²) < 4.78 is 5.57. The first-order valence-electron chi connectivity index (χ1n) is 10.7. The Morgan fingerprint density at radius 3 is 2.53 bits per heavy atom. The number of nitrogens with one attached hydrogen (secondary N) is 1. The summed E-state index contributed by atoms with van der Waals surface area (Å²) in [5.74, 6) is -0.0290. The predicted molar refractivity (Wildman–Crippen MR) is 114 cm³/mol. The van der Waals surface area contributed by atoms with Gasteiger partial charge in [0.05, 0.1) is 12.3 Å². The van der Waals surface area contributed by atoms with E-state index < -0.39 is 0 Å². The highest BCUT2D eigenvalue weighted by Crippen LogP contribution is 2.44. The number of pyridine rings is 1. The van der Waals surface area contributed by atoms with Crippen LogP contribution in [-0.4, -0.2) is 54.5 Å². The van der Waals surface area contributed by atoms with Crippen molar-refractivity contribution in [1.29, 1.82) is 0 Å². The fraction of sp³-hybridized carbons (Fsp3) is 0.458. The molecule has 1 unspecified atom stereocenters. The molecule has 0 radical (unpaired) electrons. The van der Waals surface area contributed by atoms with E-state index in [9.17, 15) is 9.59 Å². The zero-order valence-corrected chi connectivity index (χ0v) is 17.3. The van der Waals surface area contributed by atoms with E-state index in [1.807, 2.05) is 47.4 Å². The molecule has 6 heteroatoms. The molecule has 0 saturated carbocycles. The van der Waals surface area contributed by atoms with Gasteiger partial charge in [0.25, 0.3) is 0 Å². The van der Waals surface area contributed by atoms with Crippen LogP contribution in [0.4, 0.5) is 0 Å². The van der Waals surface area contributed by atoms with E-state index >= 15 is 0 Å². The smallest absolute Gasteiger partial charge is 0.227 e. The van der Waals surface area contributed by atoms with Crippen molar-refractivity contribution in [2.45, 2.75) is 25.7 Å². The maximum absolute atomic E-state index is 13.1. The number of amides is 2. The van der Waals surface area contributed by atoms with Crippen molar-refractivity contribution in [2.75, 3.05) is 32.8 Å². The molecule has 4 rings (SSSR count). The molecular weight excluding hydrogens is 378 g/mol. The van der Waals surface area contributed by atoms with Crippen LogP contribution in [0, 0.1) is 11.3 Å². The molecule has 2 aliphatic heterocycles. The summed E-state index contributed by atoms with van der Waals surface area (Å²) in [4.78, 5) is 32.0. The molecule has 2 amide bonds. The van der Waals surface area contributed by atoms with Gasteiger partial charge in [0.1, 0.15) is 0 Å². The van der Waals surface area contributed by atoms with Gasteiger partial charge in [-0.05, 0) is 42.5 Å². The minimum absolute atomic E-state index is 0.0565. The summed E-state index contributed by atoms with van der Waals surface area (Å²) in [7, 11) is 0. The largest absolute Gasteiger partial charge is 0.381 e. The third-order valence-corrected chi connectivity index (χ3v) is 6.47. The molecule has 30 heavy (non-hydrogen) atoms. The van der Waals surface area contributed by atoms with E-state index in [1.165, 1.54) is 0 Å². The fourth-order valence-electron chi connectivity index (χ4n) is 4.69. The van der Waals surface area contributed by atoms with Crippen LogP contribution in [0.1, 0.15) is 24.0 Å². The van der Waals surface area contributed by atoms with Crippen molar-refractivity contribution in [3.63, 3.8) is 0 Å². The third-order valence-electron chi connectivity index (χ3n) is 6.47. The second kappa shape index (κ2) is 9.39. The van der Waals surface area contributed by atoms with Crippen molar-refractivity contribution in [3.05, 3.63) is 66.0 Å². The van der Waals surface area contributed by atoms with Crippen LogP contribution in [0.15, 0.2) is 54.9 Å². The summed E-state index contributed by atoms with van der Waals surface area (Å²) >= 11 is 0. The normalized spacial score (nSPS) is 20.3. The van der Waals surface area contributed by atoms with Gasteiger partial charge in [-0.25, -0.2) is 0 Å². The van der Waals surface area contributed by atoms with Gasteiger partial charge in [0, 0.05) is 50.7 Å². The van der Waals surface area contributed by atoms with Crippen LogP contribution in [0.25, 0.3) is 0 Å². The average molecular weight is 408 g/mol. The van der Waals surface area contributed by atoms with E-state index in [0.717, 1.165) is 30.4 Å². The third kappa shape index (κ3) is 4.70. The number of likely N-dealkylation sites (tertiary alicyclic amines) is 1. The maximum atomic E-state index is 13.1. The van der Waals surface area contributed by atoms with Gasteiger partial charge < -0.3 is 15.0 Å². The van der Waals surface area contributed by atoms with Gasteiger partial charge >= 0.3 is 0 Å². The molecule has 1 aromatic carbocycles. The minimum Gasteiger partial charge on any atom is -0.381 e. The highest BCUT2D eigenvalue weighted by atomic mass is 16.5. The summed E-state index contributed by atoms with van der Waals surface area (Å²) in [6.45, 7) is 3.03. The topological polar surface area (TPSA) is 71.5 Å². The molecule has 1 spiro atoms. The van der Waals surface area contributed by atoms with E-state index in [-0.39, 0.29) is 23.1 Å². The number of carbonyl (C=O) groups is 2. The Bertz CT molecular complexity index is 851. The molecule has 0 aliphatic carbocycles. The van der Waals surface area contributed by atoms with Gasteiger partial charge in [-0.1, -0.05) is 30.3 Å². The van der Waals surface area contributed by atoms with Crippen LogP contribution in [0.5, 0.6) is 0 Å². The lowest BCUT2D eigenvalue weighted by atomic mass is 9.71. The van der Waals surface area contributed by atoms with Crippen LogP contribution < -0.4 is 5.32 Å². The van der Waals surface area contributed by atoms with E-state index in [1.54, 1.807) is 12.4 Å². The molecule has 0 bridgehead atoms. The lowest BCUT2D eigenvalue weighted by Crippen LogP contribution is -2.44. The standard InChI is InChI=1S/C24H29N3O3/c28-22(16-20-4-2-1-3-5-20)27-17-21(24(18-27)9-14-30-15-10-24)23(29)26-13-8-19-6-11-25-12-7-19/h1-7,11-12,21H,8-10,13-18H2,(H,26,29). The Hall–Kier alpha value is -2.73. The number of hydrogen-bond donors (Lipinski definition) is 1. The Morgan fingerprint density at radius 1 is 1.07 bits per heavy atom. The second-order valence-corrected chi connectivity index (χ2v) is 8.36. The quantitative estimate of drug-likeness (QED) is 0.797. The predicted octanol–water partition coefficient (Wildman–Crippen LogP) is 2.24. The van der Waals surface area contributed by atoms with E-state index in [0.29, 0.717) is 39.3 Å². The van der Waals surface area contributed by atoms with Gasteiger partial charge in [-0.3, -0.25) is 14.6 Å². The highest BCUT2D eigenvalue weighted by Gasteiger charge is 2.51. The molecule has 2 fully saturated rings. The molecule has 2 aliphatic rings. The first kappa shape index (κ1) is 20.5. The average Bonchev–Trinajstić information content (AvgIpc) is 3.14. The molecule has 3 heterocycles. The first-order valence-corrected chi connectivity index (χ1v) is 10.7. The molecule has 1 N–H and O–H groups in total. The van der Waals surface area contributed by atoms with Crippen molar-refractivity contribution in [3.8, 4) is 0 Å². The fourth-order valence-corrected chi connectivity index (χ4v) is 4.69. The molecule has 158 valence electrons. The first-order chi connectivity index (χ1) is 14.7. The zero-order chi connectivity index (χ0) is 20.8. The number of rotatable bonds is 6. The van der Waals surface area contributed by atoms with Crippen LogP contribution >= 0.6 is 0 Å². The summed E-state index contributed by atoms with van der Waals surface area (Å²) in [6, 6.07) is 13.7. The second-order valence-electron chi connectivity index (χ2n) is 8.36. The van der Waals surface area contributed by atoms with Crippen LogP contribution in [0.2, 0.25) is 0 Å². The lowest BCUT2D eigenvalue weighted by Gasteiger charge is -2.37. The summed E-state index contributed by atoms with van der Waals surface area (Å²) in [5, 5.41) is 3.12. The summed E-state index contributed by atoms with van der Waals surface area (Å²) in [5.41, 5.74) is 1.98. The lowest BCUT2D eigenvalue weighted by molar-refractivity contribution is -0.130. The van der Waals surface area contributed by atoms with E-state index in [4.69, 9.17) is 4.74 Å². The van der Waals surface area contributed by atoms with Gasteiger partial charge in [-0.15, -0.1) is 0 Å². The Balaban J connectivity index is 1.40. The highest BCUT2D eigenvalue weighted by molar-refractivity contribution is 5.84. The van der Waals surface area contributed by atoms with Crippen molar-refractivity contribution in [1.82, 2.24) is 15.2 Å². The molecule has 6 nitrogen and oxygen atoms in total. The van der Waals surface area contributed by atoms with Gasteiger partial charge in [0.15, 0.2) is 0 Å². The molecule has 1 atom stereocenters. The van der Waals surface area contributed by atoms with Crippen molar-refractivity contribution >= 4 is 11.8 Å². The van der Waals surface area contributed by atoms with Crippen molar-refractivity contribution < 1.29 is 14.3 Å². The van der Waals surface area contributed by atoms with Gasteiger partial charge in [0.2, 0.25) is 11.8 Å². The number of ether oxygens (including phenoxy) is 1. The molecular formula is C24H29N3O3. The number of benzene rings is 1. The van der Waals surface area contributed by atoms with Crippen LogP contribution in [0.3, 0.4) is 0 Å². The zero-order valence-electron chi connectivity index (χ0n) is 17.3. The van der Waals surface area contributed by atoms with E-state index in [2.05, 4.69) is 10.3 Å². The molecule has 1 aromatic heterocycles. The molecule has 2 aromatic rings. The van der Waals surface area contributed by atoms with Gasteiger partial charge in [-0.2, -0.15) is 0 Å². The number of nitrogens with zero attached hydrogens (tertiary/aromatic N) is 2. The Labute approximate surface area is 177 Å². The Morgan fingerprint density at radius 2 is 1.80 bits per heavy atom. The summed E-state index contributed by atoms with van der Waals surface area (Å²) in [6.07, 6.45) is 6.33.